The van der Waals surface area contributed by atoms with E-state index >= 15 is 0 Å². The summed E-state index contributed by atoms with van der Waals surface area (Å²) in [7, 11) is 0. The lowest BCUT2D eigenvalue weighted by atomic mass is 10.5. The first-order valence-corrected chi connectivity index (χ1v) is 7.12. The predicted molar refractivity (Wildman–Crippen MR) is 72.8 cm³/mol. The predicted octanol–water partition coefficient (Wildman–Crippen LogP) is 2.58. The van der Waals surface area contributed by atoms with Crippen molar-refractivity contribution < 1.29 is 0 Å². The summed E-state index contributed by atoms with van der Waals surface area (Å²) >= 11 is 4.88. The zero-order valence-corrected chi connectivity index (χ0v) is 11.9. The lowest BCUT2D eigenvalue weighted by molar-refractivity contribution is 0.808. The van der Waals surface area contributed by atoms with E-state index < -0.39 is 0 Å². The molecule has 0 saturated carbocycles. The van der Waals surface area contributed by atoms with Crippen LogP contribution in [0, 0.1) is 0 Å². The van der Waals surface area contributed by atoms with Crippen molar-refractivity contribution in [1.29, 1.82) is 0 Å². The molecule has 0 radical (unpaired) electrons. The number of hydrogen-bond donors (Lipinski definition) is 1. The van der Waals surface area contributed by atoms with E-state index in [1.54, 1.807) is 10.9 Å². The summed E-state index contributed by atoms with van der Waals surface area (Å²) in [6, 6.07) is 1.88. The number of anilines is 1. The van der Waals surface area contributed by atoms with Crippen LogP contribution >= 0.6 is 27.7 Å². The normalized spacial score (nSPS) is 10.5. The Bertz CT molecular complexity index is 513. The minimum Gasteiger partial charge on any atom is -0.370 e. The molecule has 0 bridgehead atoms. The molecule has 90 valence electrons. The monoisotopic (exact) mass is 313 g/mol. The number of nitrogens with zero attached hydrogens (tertiary/aromatic N) is 4. The number of rotatable bonds is 4. The molecule has 2 aromatic rings. The van der Waals surface area contributed by atoms with E-state index in [0.29, 0.717) is 0 Å². The second-order valence-electron chi connectivity index (χ2n) is 3.23. The molecule has 0 spiro atoms. The van der Waals surface area contributed by atoms with Crippen molar-refractivity contribution in [3.05, 3.63) is 22.9 Å². The second kappa shape index (κ2) is 5.50. The fourth-order valence-electron chi connectivity index (χ4n) is 1.32. The maximum atomic E-state index is 4.41. The molecule has 0 fully saturated rings. The van der Waals surface area contributed by atoms with Gasteiger partial charge >= 0.3 is 0 Å². The number of aromatic nitrogens is 4. The van der Waals surface area contributed by atoms with Gasteiger partial charge in [-0.25, -0.2) is 14.6 Å². The van der Waals surface area contributed by atoms with E-state index in [0.717, 1.165) is 27.8 Å². The fraction of sp³-hybridized carbons (Fsp3) is 0.300. The van der Waals surface area contributed by atoms with Crippen molar-refractivity contribution in [2.24, 2.45) is 0 Å². The summed E-state index contributed by atoms with van der Waals surface area (Å²) in [4.78, 5) is 8.77. The van der Waals surface area contributed by atoms with Gasteiger partial charge in [-0.2, -0.15) is 5.10 Å². The molecule has 0 unspecified atom stereocenters. The quantitative estimate of drug-likeness (QED) is 0.694. The summed E-state index contributed by atoms with van der Waals surface area (Å²) in [6.45, 7) is 2.86. The van der Waals surface area contributed by atoms with Crippen molar-refractivity contribution in [3.63, 3.8) is 0 Å². The van der Waals surface area contributed by atoms with E-state index in [1.165, 1.54) is 11.8 Å². The van der Waals surface area contributed by atoms with Crippen molar-refractivity contribution >= 4 is 33.5 Å². The van der Waals surface area contributed by atoms with Crippen LogP contribution in [0.1, 0.15) is 6.92 Å². The van der Waals surface area contributed by atoms with Crippen LogP contribution in [0.15, 0.2) is 28.1 Å². The molecule has 2 aromatic heterocycles. The summed E-state index contributed by atoms with van der Waals surface area (Å²) in [5.74, 6) is 1.57. The SMILES string of the molecule is CCNc1cc(-n2cc(Br)cn2)nc(SC)n1. The summed E-state index contributed by atoms with van der Waals surface area (Å²) in [5, 5.41) is 8.11. The van der Waals surface area contributed by atoms with Gasteiger partial charge in [-0.3, -0.25) is 0 Å². The van der Waals surface area contributed by atoms with Crippen molar-refractivity contribution in [2.45, 2.75) is 12.1 Å². The van der Waals surface area contributed by atoms with Gasteiger partial charge in [0.25, 0.3) is 0 Å². The van der Waals surface area contributed by atoms with E-state index in [4.69, 9.17) is 0 Å². The van der Waals surface area contributed by atoms with Gasteiger partial charge in [-0.15, -0.1) is 0 Å². The minimum atomic E-state index is 0.727. The molecule has 0 aliphatic heterocycles. The molecule has 1 N–H and O–H groups in total. The first-order valence-electron chi connectivity index (χ1n) is 5.10. The molecular formula is C10H12BrN5S. The van der Waals surface area contributed by atoms with Crippen molar-refractivity contribution in [2.75, 3.05) is 18.1 Å². The Morgan fingerprint density at radius 2 is 2.29 bits per heavy atom. The molecule has 0 saturated heterocycles. The molecule has 0 aliphatic rings. The Morgan fingerprint density at radius 1 is 1.47 bits per heavy atom. The molecule has 5 nitrogen and oxygen atoms in total. The summed E-state index contributed by atoms with van der Waals surface area (Å²) in [5.41, 5.74) is 0. The highest BCUT2D eigenvalue weighted by atomic mass is 79.9. The molecular weight excluding hydrogens is 302 g/mol. The summed E-state index contributed by atoms with van der Waals surface area (Å²) in [6.07, 6.45) is 5.55. The topological polar surface area (TPSA) is 55.6 Å². The molecule has 7 heteroatoms. The van der Waals surface area contributed by atoms with Crippen LogP contribution in [0.3, 0.4) is 0 Å². The van der Waals surface area contributed by atoms with Gasteiger partial charge in [0.05, 0.1) is 10.7 Å². The number of halogens is 1. The average molecular weight is 314 g/mol. The van der Waals surface area contributed by atoms with E-state index in [-0.39, 0.29) is 0 Å². The van der Waals surface area contributed by atoms with Crippen molar-refractivity contribution in [1.82, 2.24) is 19.7 Å². The van der Waals surface area contributed by atoms with Crippen LogP contribution in [0.2, 0.25) is 0 Å². The second-order valence-corrected chi connectivity index (χ2v) is 4.92. The van der Waals surface area contributed by atoms with E-state index in [1.807, 2.05) is 25.4 Å². The van der Waals surface area contributed by atoms with Gasteiger partial charge < -0.3 is 5.32 Å². The lowest BCUT2D eigenvalue weighted by Gasteiger charge is -2.07. The van der Waals surface area contributed by atoms with E-state index in [9.17, 15) is 0 Å². The van der Waals surface area contributed by atoms with Gasteiger partial charge in [0, 0.05) is 18.8 Å². The Morgan fingerprint density at radius 3 is 2.88 bits per heavy atom. The number of thioether (sulfide) groups is 1. The molecule has 2 heterocycles. The Balaban J connectivity index is 2.42. The third kappa shape index (κ3) is 2.98. The zero-order chi connectivity index (χ0) is 12.3. The Hall–Kier alpha value is -1.08. The van der Waals surface area contributed by atoms with E-state index in [2.05, 4.69) is 36.3 Å². The zero-order valence-electron chi connectivity index (χ0n) is 9.51. The van der Waals surface area contributed by atoms with Gasteiger partial charge in [-0.05, 0) is 29.1 Å². The molecule has 17 heavy (non-hydrogen) atoms. The lowest BCUT2D eigenvalue weighted by Crippen LogP contribution is -2.05. The third-order valence-corrected chi connectivity index (χ3v) is 2.98. The maximum absolute atomic E-state index is 4.41. The van der Waals surface area contributed by atoms with Gasteiger partial charge in [0.2, 0.25) is 0 Å². The summed E-state index contributed by atoms with van der Waals surface area (Å²) < 4.78 is 2.64. The van der Waals surface area contributed by atoms with Crippen LogP contribution in [0.25, 0.3) is 5.82 Å². The number of nitrogens with one attached hydrogen (secondary N) is 1. The average Bonchev–Trinajstić information content (AvgIpc) is 2.76. The smallest absolute Gasteiger partial charge is 0.191 e. The molecule has 0 amide bonds. The molecule has 0 atom stereocenters. The van der Waals surface area contributed by atoms with Crippen LogP contribution in [-0.4, -0.2) is 32.5 Å². The highest BCUT2D eigenvalue weighted by Gasteiger charge is 2.06. The Labute approximate surface area is 112 Å². The molecule has 0 aromatic carbocycles. The minimum absolute atomic E-state index is 0.727. The maximum Gasteiger partial charge on any atom is 0.191 e. The van der Waals surface area contributed by atoms with Crippen LogP contribution in [-0.2, 0) is 0 Å². The fourth-order valence-corrected chi connectivity index (χ4v) is 1.98. The molecule has 0 aliphatic carbocycles. The first-order chi connectivity index (χ1) is 8.22. The molecule has 2 rings (SSSR count). The van der Waals surface area contributed by atoms with Crippen LogP contribution in [0.4, 0.5) is 5.82 Å². The van der Waals surface area contributed by atoms with Gasteiger partial charge in [-0.1, -0.05) is 11.8 Å². The highest BCUT2D eigenvalue weighted by molar-refractivity contribution is 9.10. The highest BCUT2D eigenvalue weighted by Crippen LogP contribution is 2.17. The van der Waals surface area contributed by atoms with Gasteiger partial charge in [0.1, 0.15) is 5.82 Å². The standard InChI is InChI=1S/C10H12BrN5S/c1-3-12-8-4-9(15-10(14-8)17-2)16-6-7(11)5-13-16/h4-6H,3H2,1-2H3,(H,12,14,15). The van der Waals surface area contributed by atoms with Gasteiger partial charge in [0.15, 0.2) is 11.0 Å². The van der Waals surface area contributed by atoms with Crippen LogP contribution < -0.4 is 5.32 Å². The first kappa shape index (κ1) is 12.4. The largest absolute Gasteiger partial charge is 0.370 e. The third-order valence-electron chi connectivity index (χ3n) is 2.02. The Kier molecular flexibility index (Phi) is 4.01. The van der Waals surface area contributed by atoms with Crippen molar-refractivity contribution in [3.8, 4) is 5.82 Å². The number of hydrogen-bond acceptors (Lipinski definition) is 5. The van der Waals surface area contributed by atoms with Crippen LogP contribution in [0.5, 0.6) is 0 Å².